The Morgan fingerprint density at radius 3 is 1.05 bits per heavy atom. The fourth-order valence-corrected chi connectivity index (χ4v) is 15.9. The lowest BCUT2D eigenvalue weighted by molar-refractivity contribution is 0.407. The minimum Gasteiger partial charge on any atom is -0.370 e. The van der Waals surface area contributed by atoms with Gasteiger partial charge in [-0.05, 0) is 129 Å². The second-order valence-corrected chi connectivity index (χ2v) is 34.9. The molecule has 7 aromatic rings. The normalized spacial score (nSPS) is 21.2. The Balaban J connectivity index is 0.000000172. The number of nitrogens with two attached hydrogens (primary N) is 2. The van der Waals surface area contributed by atoms with E-state index < -0.39 is 0 Å². The molecule has 15 N–H and O–H groups in total. The molecule has 7 unspecified atom stereocenters. The second kappa shape index (κ2) is 47.5. The van der Waals surface area contributed by atoms with Crippen LogP contribution in [0, 0.1) is 0 Å². The van der Waals surface area contributed by atoms with E-state index in [2.05, 4.69) is 243 Å². The summed E-state index contributed by atoms with van der Waals surface area (Å²) < 4.78 is 0. The van der Waals surface area contributed by atoms with Crippen molar-refractivity contribution in [1.29, 1.82) is 0 Å². The maximum atomic E-state index is 5.66. The van der Waals surface area contributed by atoms with Crippen molar-refractivity contribution >= 4 is 163 Å². The molecule has 0 spiro atoms. The predicted molar refractivity (Wildman–Crippen MR) is 501 cm³/mol. The molecular formula is C76H117N35S7. The van der Waals surface area contributed by atoms with Gasteiger partial charge in [0.25, 0.3) is 0 Å². The van der Waals surface area contributed by atoms with Crippen molar-refractivity contribution in [1.82, 2.24) is 97.7 Å². The topological polar surface area (TPSA) is 383 Å². The highest BCUT2D eigenvalue weighted by Crippen LogP contribution is 2.19. The maximum Gasteiger partial charge on any atom is 0.205 e. The van der Waals surface area contributed by atoms with Crippen molar-refractivity contribution in [2.24, 2.45) is 81.4 Å². The molecule has 7 aliphatic heterocycles. The molecule has 14 rings (SSSR count). The standard InChI is InChI=1S/C13H21N5S.C12H19N5S.2C11H17N5S.2C10H15N5S.C9H13N5S/c1-10-14-12(16(2)3)18(5)13(15-10)17(4)9-11-7-6-8-19-11;1-9-13-11(16(2)3)15-12(14-9)17(4)8-10-6-5-7-18-10;1-8-13-10(15-11(14-8)16(2)3)12-7-9-5-4-6-17-9;1-8-13-10(12-2)15-11(14-8)16(3)7-9-5-4-6-17-9;1-7-12-9(11)14-10(13-7)15(2)6-8-4-3-5-16-8;1-7-13-9(11-2)15-10(14-7)12-6-8-4-3-5-16-8;1-6-12-8(10)14-9(13-6)11-5-7-3-2-4-15-7/h6-8,10H,9H2,1-5H3;5-7,9H,8H2,1-4H3,(H,13,14,15);2*4-6,8H,7H2,1-3H3,(H2,12,13,14,15);3-5,7H,6H2,1-2H3,(H3,11,12,13,14);3-5,7H,6H2,1-2H3,(H3,11,12,13,14,15);2-4,6H,5H2,1H3,(H4,10,11,12,13,14). The van der Waals surface area contributed by atoms with Gasteiger partial charge in [0.2, 0.25) is 41.7 Å². The van der Waals surface area contributed by atoms with Gasteiger partial charge in [0.15, 0.2) is 41.7 Å². The van der Waals surface area contributed by atoms with Gasteiger partial charge in [0.05, 0.1) is 52.0 Å². The highest BCUT2D eigenvalue weighted by molar-refractivity contribution is 7.11. The molecule has 0 aromatic carbocycles. The summed E-state index contributed by atoms with van der Waals surface area (Å²) in [4.78, 5) is 86.5. The average Bonchev–Trinajstić information content (AvgIpc) is 0.923. The summed E-state index contributed by atoms with van der Waals surface area (Å²) in [7, 11) is 25.5. The third-order valence-electron chi connectivity index (χ3n) is 16.5. The number of rotatable bonds is 14. The summed E-state index contributed by atoms with van der Waals surface area (Å²) in [6, 6.07) is 29.1. The van der Waals surface area contributed by atoms with Gasteiger partial charge >= 0.3 is 0 Å². The van der Waals surface area contributed by atoms with E-state index in [9.17, 15) is 0 Å². The van der Waals surface area contributed by atoms with Crippen LogP contribution in [0.4, 0.5) is 0 Å². The SMILES string of the molecule is CC1N=C(N(C)C)N(C)C(N(C)Cc2cccs2)=N1.CC1N=C(N(C)C)NC(=NCc2cccs2)N1.CC1N=C(N(C)C)NC(N(C)Cc2cccs2)=N1.CC1N=C(N)NC(=NCc2cccs2)N1.CC1N=C(N)NC(N(C)Cc2cccs2)=N1.CN=C1NC(=NCc2cccs2)NC(C)N1.CN=C1NC(N(C)Cc2cccs2)=NC(C)N1. The zero-order chi connectivity index (χ0) is 85.2. The highest BCUT2D eigenvalue weighted by atomic mass is 32.1. The molecule has 7 aliphatic rings. The number of guanidine groups is 14. The molecule has 0 radical (unpaired) electrons. The van der Waals surface area contributed by atoms with E-state index in [1.165, 1.54) is 34.1 Å². The van der Waals surface area contributed by atoms with Gasteiger partial charge in [-0.25, -0.2) is 59.9 Å². The fraction of sp³-hybridized carbons (Fsp3) is 0.447. The van der Waals surface area contributed by atoms with Crippen LogP contribution in [0.25, 0.3) is 0 Å². The maximum absolute atomic E-state index is 5.66. The molecule has 638 valence electrons. The Labute approximate surface area is 722 Å². The van der Waals surface area contributed by atoms with Crippen molar-refractivity contribution in [3.63, 3.8) is 0 Å². The predicted octanol–water partition coefficient (Wildman–Crippen LogP) is 7.24. The van der Waals surface area contributed by atoms with E-state index in [1.807, 2.05) is 173 Å². The van der Waals surface area contributed by atoms with Gasteiger partial charge in [0.1, 0.15) is 37.0 Å². The molecule has 118 heavy (non-hydrogen) atoms. The van der Waals surface area contributed by atoms with Crippen molar-refractivity contribution in [3.05, 3.63) is 157 Å². The van der Waals surface area contributed by atoms with E-state index in [0.717, 1.165) is 91.7 Å². The van der Waals surface area contributed by atoms with Crippen molar-refractivity contribution in [2.45, 2.75) is 137 Å². The van der Waals surface area contributed by atoms with E-state index in [0.29, 0.717) is 37.5 Å². The van der Waals surface area contributed by atoms with Crippen molar-refractivity contribution < 1.29 is 0 Å². The average molecular weight is 1750 g/mol. The number of hydrogen-bond donors (Lipinski definition) is 13. The zero-order valence-electron chi connectivity index (χ0n) is 71.0. The van der Waals surface area contributed by atoms with Gasteiger partial charge in [0, 0.05) is 126 Å². The van der Waals surface area contributed by atoms with Crippen LogP contribution < -0.4 is 70.0 Å². The monoisotopic (exact) mass is 1740 g/mol. The van der Waals surface area contributed by atoms with E-state index in [1.54, 1.807) is 93.5 Å². The van der Waals surface area contributed by atoms with Crippen LogP contribution in [0.15, 0.2) is 192 Å². The number of hydrogen-bond acceptors (Lipinski definition) is 33. The van der Waals surface area contributed by atoms with Gasteiger partial charge in [-0.1, -0.05) is 42.5 Å². The molecule has 14 heterocycles. The third-order valence-corrected chi connectivity index (χ3v) is 22.5. The molecular weight excluding hydrogens is 1630 g/mol. The first-order valence-corrected chi connectivity index (χ1v) is 44.2. The van der Waals surface area contributed by atoms with E-state index in [-0.39, 0.29) is 43.2 Å². The summed E-state index contributed by atoms with van der Waals surface area (Å²) in [5.74, 6) is 10.7. The summed E-state index contributed by atoms with van der Waals surface area (Å²) in [6.45, 7) is 19.3. The van der Waals surface area contributed by atoms with Gasteiger partial charge in [-0.3, -0.25) is 46.8 Å². The molecule has 0 aliphatic carbocycles. The first-order chi connectivity index (χ1) is 56.5. The van der Waals surface area contributed by atoms with Crippen LogP contribution in [-0.4, -0.2) is 257 Å². The Kier molecular flexibility index (Phi) is 37.2. The van der Waals surface area contributed by atoms with Gasteiger partial charge in [-0.15, -0.1) is 79.4 Å². The summed E-state index contributed by atoms with van der Waals surface area (Å²) in [5, 5.41) is 48.8. The Hall–Kier alpha value is -10.9. The zero-order valence-corrected chi connectivity index (χ0v) is 76.7. The van der Waals surface area contributed by atoms with Crippen LogP contribution in [0.5, 0.6) is 0 Å². The molecule has 1 saturated heterocycles. The minimum atomic E-state index is -0.109. The van der Waals surface area contributed by atoms with Crippen LogP contribution in [0.3, 0.4) is 0 Å². The fourth-order valence-electron chi connectivity index (χ4n) is 11.0. The third kappa shape index (κ3) is 31.8. The molecule has 7 aromatic heterocycles. The first kappa shape index (κ1) is 92.6. The quantitative estimate of drug-likeness (QED) is 0.0510. The first-order valence-electron chi connectivity index (χ1n) is 38.0. The Morgan fingerprint density at radius 1 is 0.331 bits per heavy atom. The van der Waals surface area contributed by atoms with E-state index >= 15 is 0 Å². The highest BCUT2D eigenvalue weighted by Gasteiger charge is 2.26. The molecule has 0 saturated carbocycles. The Bertz CT molecular complexity index is 4570. The molecule has 0 bridgehead atoms. The lowest BCUT2D eigenvalue weighted by atomic mass is 10.4. The van der Waals surface area contributed by atoms with Crippen molar-refractivity contribution in [3.8, 4) is 0 Å². The summed E-state index contributed by atoms with van der Waals surface area (Å²) >= 11 is 12.1. The smallest absolute Gasteiger partial charge is 0.205 e. The lowest BCUT2D eigenvalue weighted by Gasteiger charge is -2.35. The van der Waals surface area contributed by atoms with Crippen LogP contribution in [0.2, 0.25) is 0 Å². The lowest BCUT2D eigenvalue weighted by Crippen LogP contribution is -2.61. The van der Waals surface area contributed by atoms with E-state index in [4.69, 9.17) is 11.5 Å². The van der Waals surface area contributed by atoms with Crippen LogP contribution in [-0.2, 0) is 45.8 Å². The van der Waals surface area contributed by atoms with Crippen LogP contribution >= 0.6 is 79.4 Å². The second-order valence-electron chi connectivity index (χ2n) is 27.6. The Morgan fingerprint density at radius 2 is 0.644 bits per heavy atom. The number of aliphatic imine (C=N–C) groups is 14. The van der Waals surface area contributed by atoms with Gasteiger partial charge < -0.3 is 72.4 Å². The minimum absolute atomic E-state index is 0.0201. The summed E-state index contributed by atoms with van der Waals surface area (Å²) in [6.07, 6.45) is 0.0442. The number of nitrogens with zero attached hydrogens (tertiary/aromatic N) is 22. The molecule has 35 nitrogen and oxygen atoms in total. The molecule has 0 amide bonds. The van der Waals surface area contributed by atoms with Gasteiger partial charge in [-0.2, -0.15) is 0 Å². The molecule has 1 fully saturated rings. The van der Waals surface area contributed by atoms with Crippen molar-refractivity contribution in [2.75, 3.05) is 91.6 Å². The van der Waals surface area contributed by atoms with Crippen LogP contribution in [0.1, 0.15) is 82.6 Å². The summed E-state index contributed by atoms with van der Waals surface area (Å²) in [5.41, 5.74) is 11.2. The largest absolute Gasteiger partial charge is 0.370 e. The molecule has 42 heteroatoms. The molecule has 7 atom stereocenters. The number of thiophene rings is 7. The number of nitrogens with one attached hydrogen (secondary N) is 11.